The van der Waals surface area contributed by atoms with Crippen molar-refractivity contribution in [1.82, 2.24) is 4.98 Å². The van der Waals surface area contributed by atoms with Crippen LogP contribution in [-0.4, -0.2) is 17.1 Å². The molecule has 154 valence electrons. The summed E-state index contributed by atoms with van der Waals surface area (Å²) in [5, 5.41) is 0. The number of rotatable bonds is 2. The quantitative estimate of drug-likeness (QED) is 0.470. The summed E-state index contributed by atoms with van der Waals surface area (Å²) in [5.41, 5.74) is 3.11. The van der Waals surface area contributed by atoms with E-state index in [2.05, 4.69) is 49.2 Å². The standard InChI is InChI=1S/C26H33NO2/c1-17(28)29-24-10-9-21-20-8-7-19-16-18(23-6-4-5-15-27-23)11-13-25(19,2)22(20)12-14-26(21,24)3/h4-6,11,13,15-16,18,20-22,24H,7-10,12,14H2,1-3H3/t18?,20-,21-,22-,24?,25-,26-/m0/s1. The molecular formula is C26H33NO2. The van der Waals surface area contributed by atoms with E-state index < -0.39 is 0 Å². The van der Waals surface area contributed by atoms with Gasteiger partial charge in [-0.25, -0.2) is 0 Å². The van der Waals surface area contributed by atoms with E-state index >= 15 is 0 Å². The van der Waals surface area contributed by atoms with E-state index in [1.165, 1.54) is 32.1 Å². The zero-order valence-electron chi connectivity index (χ0n) is 17.9. The van der Waals surface area contributed by atoms with Gasteiger partial charge in [-0.05, 0) is 68.4 Å². The lowest BCUT2D eigenvalue weighted by atomic mass is 9.48. The Morgan fingerprint density at radius 3 is 2.76 bits per heavy atom. The smallest absolute Gasteiger partial charge is 0.302 e. The third kappa shape index (κ3) is 2.92. The Morgan fingerprint density at radius 1 is 1.14 bits per heavy atom. The molecule has 0 aliphatic heterocycles. The molecule has 3 saturated carbocycles. The Hall–Kier alpha value is -1.90. The molecule has 2 unspecified atom stereocenters. The van der Waals surface area contributed by atoms with Crippen LogP contribution in [0.25, 0.3) is 0 Å². The summed E-state index contributed by atoms with van der Waals surface area (Å²) in [5.74, 6) is 2.33. The number of hydrogen-bond donors (Lipinski definition) is 0. The van der Waals surface area contributed by atoms with Crippen LogP contribution < -0.4 is 0 Å². The molecular weight excluding hydrogens is 358 g/mol. The Labute approximate surface area is 174 Å². The molecule has 1 aromatic rings. The molecule has 7 atom stereocenters. The number of ether oxygens (including phenoxy) is 1. The van der Waals surface area contributed by atoms with Crippen molar-refractivity contribution in [1.29, 1.82) is 0 Å². The first-order valence-corrected chi connectivity index (χ1v) is 11.4. The first kappa shape index (κ1) is 19.1. The molecule has 0 bridgehead atoms. The van der Waals surface area contributed by atoms with Crippen molar-refractivity contribution in [3.63, 3.8) is 0 Å². The van der Waals surface area contributed by atoms with E-state index in [1.807, 2.05) is 12.3 Å². The minimum atomic E-state index is -0.115. The molecule has 3 fully saturated rings. The van der Waals surface area contributed by atoms with Crippen LogP contribution >= 0.6 is 0 Å². The number of carbonyl (C=O) groups is 1. The number of carbonyl (C=O) groups excluding carboxylic acids is 1. The second-order valence-corrected chi connectivity index (χ2v) is 10.2. The van der Waals surface area contributed by atoms with Crippen molar-refractivity contribution >= 4 is 5.97 Å². The molecule has 29 heavy (non-hydrogen) atoms. The topological polar surface area (TPSA) is 39.2 Å². The highest BCUT2D eigenvalue weighted by Crippen LogP contribution is 2.65. The molecule has 3 nitrogen and oxygen atoms in total. The number of fused-ring (bicyclic) bond motifs is 5. The van der Waals surface area contributed by atoms with E-state index in [0.717, 1.165) is 18.0 Å². The summed E-state index contributed by atoms with van der Waals surface area (Å²) in [7, 11) is 0. The Bertz CT molecular complexity index is 859. The summed E-state index contributed by atoms with van der Waals surface area (Å²) in [6.07, 6.45) is 16.6. The van der Waals surface area contributed by atoms with E-state index in [0.29, 0.717) is 17.8 Å². The first-order valence-electron chi connectivity index (χ1n) is 11.4. The number of pyridine rings is 1. The van der Waals surface area contributed by atoms with Gasteiger partial charge in [0.2, 0.25) is 0 Å². The van der Waals surface area contributed by atoms with Gasteiger partial charge in [0.25, 0.3) is 0 Å². The van der Waals surface area contributed by atoms with E-state index in [-0.39, 0.29) is 22.9 Å². The monoisotopic (exact) mass is 391 g/mol. The zero-order valence-corrected chi connectivity index (χ0v) is 17.9. The number of aromatic nitrogens is 1. The van der Waals surface area contributed by atoms with Gasteiger partial charge in [0.05, 0.1) is 5.69 Å². The van der Waals surface area contributed by atoms with Crippen molar-refractivity contribution in [3.05, 3.63) is 53.9 Å². The molecule has 0 amide bonds. The van der Waals surface area contributed by atoms with Crippen molar-refractivity contribution in [3.8, 4) is 0 Å². The van der Waals surface area contributed by atoms with Crippen LogP contribution in [0.4, 0.5) is 0 Å². The molecule has 0 radical (unpaired) electrons. The predicted octanol–water partition coefficient (Wildman–Crippen LogP) is 5.84. The van der Waals surface area contributed by atoms with Crippen LogP contribution in [0.1, 0.15) is 70.9 Å². The SMILES string of the molecule is CC(=O)OC1CC[C@H]2[C@@H]3CCC4=CC(c5ccccn5)C=C[C@]4(C)[C@H]3CC[C@]12C. The van der Waals surface area contributed by atoms with Gasteiger partial charge in [-0.1, -0.05) is 43.7 Å². The second kappa shape index (κ2) is 6.82. The summed E-state index contributed by atoms with van der Waals surface area (Å²) >= 11 is 0. The van der Waals surface area contributed by atoms with Crippen LogP contribution in [0, 0.1) is 28.6 Å². The molecule has 1 aromatic heterocycles. The number of allylic oxidation sites excluding steroid dienone is 4. The van der Waals surface area contributed by atoms with Crippen LogP contribution in [0.3, 0.4) is 0 Å². The predicted molar refractivity (Wildman–Crippen MR) is 114 cm³/mol. The third-order valence-corrected chi connectivity index (χ3v) is 8.93. The minimum Gasteiger partial charge on any atom is -0.462 e. The molecule has 0 aromatic carbocycles. The lowest BCUT2D eigenvalue weighted by Crippen LogP contribution is -2.50. The Balaban J connectivity index is 1.41. The maximum atomic E-state index is 11.6. The lowest BCUT2D eigenvalue weighted by Gasteiger charge is -2.57. The van der Waals surface area contributed by atoms with E-state index in [4.69, 9.17) is 4.74 Å². The minimum absolute atomic E-state index is 0.115. The zero-order chi connectivity index (χ0) is 20.2. The second-order valence-electron chi connectivity index (χ2n) is 10.2. The third-order valence-electron chi connectivity index (χ3n) is 8.93. The average Bonchev–Trinajstić information content (AvgIpc) is 3.04. The maximum absolute atomic E-state index is 11.6. The first-order chi connectivity index (χ1) is 13.9. The van der Waals surface area contributed by atoms with Crippen LogP contribution in [-0.2, 0) is 9.53 Å². The van der Waals surface area contributed by atoms with Crippen molar-refractivity contribution in [2.45, 2.75) is 71.3 Å². The summed E-state index contributed by atoms with van der Waals surface area (Å²) < 4.78 is 5.79. The van der Waals surface area contributed by atoms with E-state index in [9.17, 15) is 4.79 Å². The summed E-state index contributed by atoms with van der Waals surface area (Å²) in [6.45, 7) is 6.43. The molecule has 1 heterocycles. The van der Waals surface area contributed by atoms with Gasteiger partial charge in [-0.2, -0.15) is 0 Å². The molecule has 0 saturated heterocycles. The lowest BCUT2D eigenvalue weighted by molar-refractivity contribution is -0.156. The number of hydrogen-bond acceptors (Lipinski definition) is 3. The van der Waals surface area contributed by atoms with Gasteiger partial charge in [0.1, 0.15) is 6.10 Å². The van der Waals surface area contributed by atoms with Gasteiger partial charge in [-0.3, -0.25) is 9.78 Å². The molecule has 3 heteroatoms. The number of nitrogens with zero attached hydrogens (tertiary/aromatic N) is 1. The molecule has 4 aliphatic rings. The van der Waals surface area contributed by atoms with Gasteiger partial charge in [0, 0.05) is 29.9 Å². The molecule has 4 aliphatic carbocycles. The highest BCUT2D eigenvalue weighted by molar-refractivity contribution is 5.66. The highest BCUT2D eigenvalue weighted by Gasteiger charge is 2.59. The summed E-state index contributed by atoms with van der Waals surface area (Å²) in [4.78, 5) is 16.2. The average molecular weight is 392 g/mol. The Kier molecular flexibility index (Phi) is 4.49. The highest BCUT2D eigenvalue weighted by atomic mass is 16.5. The fourth-order valence-electron chi connectivity index (χ4n) is 7.44. The fraction of sp³-hybridized carbons (Fsp3) is 0.615. The molecule has 0 N–H and O–H groups in total. The fourth-order valence-corrected chi connectivity index (χ4v) is 7.44. The van der Waals surface area contributed by atoms with Crippen LogP contribution in [0.2, 0.25) is 0 Å². The van der Waals surface area contributed by atoms with E-state index in [1.54, 1.807) is 12.5 Å². The maximum Gasteiger partial charge on any atom is 0.302 e. The van der Waals surface area contributed by atoms with Crippen LogP contribution in [0.5, 0.6) is 0 Å². The largest absolute Gasteiger partial charge is 0.462 e. The molecule has 0 spiro atoms. The van der Waals surface area contributed by atoms with Crippen molar-refractivity contribution in [2.24, 2.45) is 28.6 Å². The van der Waals surface area contributed by atoms with Crippen molar-refractivity contribution in [2.75, 3.05) is 0 Å². The van der Waals surface area contributed by atoms with Crippen molar-refractivity contribution < 1.29 is 9.53 Å². The Morgan fingerprint density at radius 2 is 2.00 bits per heavy atom. The normalized spacial score (nSPS) is 43.0. The summed E-state index contributed by atoms with van der Waals surface area (Å²) in [6, 6.07) is 6.21. The molecule has 5 rings (SSSR count). The van der Waals surface area contributed by atoms with Gasteiger partial charge < -0.3 is 4.74 Å². The van der Waals surface area contributed by atoms with Gasteiger partial charge >= 0.3 is 5.97 Å². The van der Waals surface area contributed by atoms with Gasteiger partial charge in [0.15, 0.2) is 0 Å². The van der Waals surface area contributed by atoms with Crippen LogP contribution in [0.15, 0.2) is 48.2 Å². The number of esters is 1. The van der Waals surface area contributed by atoms with Gasteiger partial charge in [-0.15, -0.1) is 0 Å².